The van der Waals surface area contributed by atoms with Crippen molar-refractivity contribution in [3.63, 3.8) is 0 Å². The molecule has 6 nitrogen and oxygen atoms in total. The number of rotatable bonds is 7. The van der Waals surface area contributed by atoms with Gasteiger partial charge in [-0.1, -0.05) is 42.8 Å². The van der Waals surface area contributed by atoms with Gasteiger partial charge in [-0.15, -0.1) is 0 Å². The normalized spacial score (nSPS) is 16.6. The maximum Gasteiger partial charge on any atom is 0.257 e. The zero-order valence-corrected chi connectivity index (χ0v) is 23.3. The highest BCUT2D eigenvalue weighted by Gasteiger charge is 2.38. The van der Waals surface area contributed by atoms with Crippen molar-refractivity contribution in [3.8, 4) is 0 Å². The number of H-pyrrole nitrogens is 1. The molecular formula is C31H31ClF2N4O2. The van der Waals surface area contributed by atoms with Crippen molar-refractivity contribution in [2.45, 2.75) is 25.3 Å². The molecule has 1 aromatic heterocycles. The second-order valence-corrected chi connectivity index (χ2v) is 11.1. The molecule has 9 heteroatoms. The largest absolute Gasteiger partial charge is 0.361 e. The highest BCUT2D eigenvalue weighted by molar-refractivity contribution is 6.30. The van der Waals surface area contributed by atoms with Crippen LogP contribution in [0.1, 0.15) is 34.3 Å². The Labute approximate surface area is 236 Å². The molecule has 0 radical (unpaired) electrons. The number of para-hydroxylation sites is 1. The van der Waals surface area contributed by atoms with E-state index in [9.17, 15) is 18.4 Å². The lowest BCUT2D eigenvalue weighted by Gasteiger charge is -2.38. The first-order chi connectivity index (χ1) is 19.1. The van der Waals surface area contributed by atoms with Crippen LogP contribution in [0.3, 0.4) is 0 Å². The Morgan fingerprint density at radius 2 is 1.82 bits per heavy atom. The van der Waals surface area contributed by atoms with Crippen molar-refractivity contribution in [2.75, 3.05) is 32.1 Å². The standard InChI is InChI=1S/C31H31ClF2N4O2/c1-18(23-15-35-26-10-5-4-7-22(23)26)29(36-30(39)28-24(33)8-6-9-25(28)34)31(40)38-17-19(16-37(2)3)13-20-14-21(32)11-12-27(20)38/h4-12,14-15,18-19,29,35H,13,16-17H2,1-3H3,(H,36,39)/t18?,19-,29?/m1/s1. The molecule has 3 aromatic carbocycles. The summed E-state index contributed by atoms with van der Waals surface area (Å²) in [7, 11) is 3.95. The smallest absolute Gasteiger partial charge is 0.257 e. The average molecular weight is 565 g/mol. The van der Waals surface area contributed by atoms with Crippen LogP contribution in [-0.4, -0.2) is 54.9 Å². The third-order valence-corrected chi connectivity index (χ3v) is 7.76. The molecule has 40 heavy (non-hydrogen) atoms. The van der Waals surface area contributed by atoms with E-state index >= 15 is 0 Å². The summed E-state index contributed by atoms with van der Waals surface area (Å²) in [6.45, 7) is 3.00. The maximum atomic E-state index is 14.6. The number of nitrogens with one attached hydrogen (secondary N) is 2. The Bertz CT molecular complexity index is 1550. The summed E-state index contributed by atoms with van der Waals surface area (Å²) in [6.07, 6.45) is 2.55. The van der Waals surface area contributed by atoms with E-state index in [1.165, 1.54) is 6.07 Å². The first-order valence-corrected chi connectivity index (χ1v) is 13.6. The molecule has 0 saturated heterocycles. The lowest BCUT2D eigenvalue weighted by atomic mass is 9.88. The predicted octanol–water partition coefficient (Wildman–Crippen LogP) is 5.77. The monoisotopic (exact) mass is 564 g/mol. The molecule has 2 amide bonds. The zero-order chi connectivity index (χ0) is 28.6. The van der Waals surface area contributed by atoms with Crippen LogP contribution < -0.4 is 10.2 Å². The van der Waals surface area contributed by atoms with Crippen LogP contribution in [0.4, 0.5) is 14.5 Å². The first-order valence-electron chi connectivity index (χ1n) is 13.2. The van der Waals surface area contributed by atoms with E-state index in [4.69, 9.17) is 11.6 Å². The Morgan fingerprint density at radius 1 is 1.10 bits per heavy atom. The first kappa shape index (κ1) is 27.8. The van der Waals surface area contributed by atoms with Crippen LogP contribution in [0.5, 0.6) is 0 Å². The van der Waals surface area contributed by atoms with Crippen LogP contribution >= 0.6 is 11.6 Å². The van der Waals surface area contributed by atoms with Crippen LogP contribution in [0.25, 0.3) is 10.9 Å². The van der Waals surface area contributed by atoms with Gasteiger partial charge in [-0.25, -0.2) is 8.78 Å². The van der Waals surface area contributed by atoms with E-state index in [1.54, 1.807) is 11.0 Å². The topological polar surface area (TPSA) is 68.4 Å². The molecule has 208 valence electrons. The lowest BCUT2D eigenvalue weighted by molar-refractivity contribution is -0.121. The number of hydrogen-bond acceptors (Lipinski definition) is 3. The van der Waals surface area contributed by atoms with Crippen molar-refractivity contribution in [1.82, 2.24) is 15.2 Å². The summed E-state index contributed by atoms with van der Waals surface area (Å²) >= 11 is 6.31. The second-order valence-electron chi connectivity index (χ2n) is 10.7. The number of aromatic nitrogens is 1. The number of fused-ring (bicyclic) bond motifs is 2. The van der Waals surface area contributed by atoms with E-state index in [0.717, 1.165) is 47.1 Å². The van der Waals surface area contributed by atoms with E-state index in [2.05, 4.69) is 15.2 Å². The number of carbonyl (C=O) groups excluding carboxylic acids is 2. The predicted molar refractivity (Wildman–Crippen MR) is 154 cm³/mol. The molecule has 0 fully saturated rings. The number of halogens is 3. The summed E-state index contributed by atoms with van der Waals surface area (Å²) in [4.78, 5) is 34.7. The highest BCUT2D eigenvalue weighted by Crippen LogP contribution is 2.35. The highest BCUT2D eigenvalue weighted by atomic mass is 35.5. The van der Waals surface area contributed by atoms with E-state index in [0.29, 0.717) is 17.3 Å². The molecule has 5 rings (SSSR count). The Balaban J connectivity index is 1.57. The lowest BCUT2D eigenvalue weighted by Crippen LogP contribution is -2.54. The number of benzene rings is 3. The number of anilines is 1. The van der Waals surface area contributed by atoms with Crippen molar-refractivity contribution < 1.29 is 18.4 Å². The van der Waals surface area contributed by atoms with Gasteiger partial charge < -0.3 is 20.1 Å². The van der Waals surface area contributed by atoms with Crippen LogP contribution in [0, 0.1) is 17.6 Å². The quantitative estimate of drug-likeness (QED) is 0.299. The summed E-state index contributed by atoms with van der Waals surface area (Å²) in [5.41, 5.74) is 2.62. The molecule has 2 N–H and O–H groups in total. The van der Waals surface area contributed by atoms with Gasteiger partial charge in [-0.3, -0.25) is 9.59 Å². The summed E-state index contributed by atoms with van der Waals surface area (Å²) in [6, 6.07) is 15.2. The molecule has 0 saturated carbocycles. The van der Waals surface area contributed by atoms with Gasteiger partial charge in [-0.2, -0.15) is 0 Å². The molecule has 2 unspecified atom stereocenters. The third kappa shape index (κ3) is 5.46. The zero-order valence-electron chi connectivity index (χ0n) is 22.5. The number of carbonyl (C=O) groups is 2. The maximum absolute atomic E-state index is 14.6. The number of amides is 2. The molecule has 1 aliphatic heterocycles. The van der Waals surface area contributed by atoms with Crippen molar-refractivity contribution in [2.24, 2.45) is 5.92 Å². The van der Waals surface area contributed by atoms with Crippen molar-refractivity contribution in [1.29, 1.82) is 0 Å². The molecule has 0 bridgehead atoms. The van der Waals surface area contributed by atoms with E-state index < -0.39 is 35.1 Å². The number of nitrogens with zero attached hydrogens (tertiary/aromatic N) is 2. The average Bonchev–Trinajstić information content (AvgIpc) is 3.34. The molecule has 0 aliphatic carbocycles. The summed E-state index contributed by atoms with van der Waals surface area (Å²) < 4.78 is 29.2. The fraction of sp³-hybridized carbons (Fsp3) is 0.290. The molecular weight excluding hydrogens is 534 g/mol. The Kier molecular flexibility index (Phi) is 7.92. The molecule has 3 atom stereocenters. The summed E-state index contributed by atoms with van der Waals surface area (Å²) in [5.74, 6) is -3.75. The van der Waals surface area contributed by atoms with E-state index in [-0.39, 0.29) is 11.8 Å². The fourth-order valence-corrected chi connectivity index (χ4v) is 5.90. The SMILES string of the molecule is CC(c1c[nH]c2ccccc12)C(NC(=O)c1c(F)cccc1F)C(=O)N1C[C@@H](CN(C)C)Cc2cc(Cl)ccc21. The van der Waals surface area contributed by atoms with Crippen molar-refractivity contribution >= 4 is 40.0 Å². The molecule has 2 heterocycles. The van der Waals surface area contributed by atoms with Gasteiger partial charge in [0.2, 0.25) is 5.91 Å². The van der Waals surface area contributed by atoms with Crippen LogP contribution in [0.15, 0.2) is 66.9 Å². The van der Waals surface area contributed by atoms with Gasteiger partial charge in [0.25, 0.3) is 5.91 Å². The van der Waals surface area contributed by atoms with Gasteiger partial charge in [0.15, 0.2) is 0 Å². The van der Waals surface area contributed by atoms with E-state index in [1.807, 2.05) is 63.6 Å². The Hall–Kier alpha value is -3.75. The van der Waals surface area contributed by atoms with Gasteiger partial charge >= 0.3 is 0 Å². The number of hydrogen-bond donors (Lipinski definition) is 2. The molecule has 4 aromatic rings. The summed E-state index contributed by atoms with van der Waals surface area (Å²) in [5, 5.41) is 4.17. The van der Waals surface area contributed by atoms with Crippen LogP contribution in [0.2, 0.25) is 5.02 Å². The number of aromatic amines is 1. The second kappa shape index (κ2) is 11.4. The minimum Gasteiger partial charge on any atom is -0.361 e. The van der Waals surface area contributed by atoms with Crippen molar-refractivity contribution in [3.05, 3.63) is 100 Å². The minimum absolute atomic E-state index is 0.119. The van der Waals surface area contributed by atoms with Gasteiger partial charge in [0.05, 0.1) is 0 Å². The van der Waals surface area contributed by atoms with Gasteiger partial charge in [0.1, 0.15) is 23.2 Å². The van der Waals surface area contributed by atoms with Gasteiger partial charge in [-0.05, 0) is 74.0 Å². The molecule has 0 spiro atoms. The fourth-order valence-electron chi connectivity index (χ4n) is 5.71. The minimum atomic E-state index is -1.12. The van der Waals surface area contributed by atoms with Gasteiger partial charge in [0, 0.05) is 46.8 Å². The Morgan fingerprint density at radius 3 is 2.55 bits per heavy atom. The third-order valence-electron chi connectivity index (χ3n) is 7.53. The molecule has 1 aliphatic rings. The van der Waals surface area contributed by atoms with Crippen LogP contribution in [-0.2, 0) is 11.2 Å².